The van der Waals surface area contributed by atoms with Crippen molar-refractivity contribution >= 4 is 89.6 Å². The summed E-state index contributed by atoms with van der Waals surface area (Å²) in [6.45, 7) is 4.20. The van der Waals surface area contributed by atoms with Crippen molar-refractivity contribution in [3.05, 3.63) is 0 Å². The van der Waals surface area contributed by atoms with Crippen molar-refractivity contribution in [2.75, 3.05) is 0 Å². The monoisotopic (exact) mass is 427 g/mol. The maximum Gasteiger partial charge on any atom is 0.286 e. The molecule has 0 amide bonds. The van der Waals surface area contributed by atoms with Gasteiger partial charge < -0.3 is 32.9 Å². The van der Waals surface area contributed by atoms with Crippen molar-refractivity contribution in [1.82, 2.24) is 0 Å². The van der Waals surface area contributed by atoms with E-state index >= 15 is 0 Å². The van der Waals surface area contributed by atoms with Gasteiger partial charge in [-0.05, 0) is 13.1 Å². The lowest BCUT2D eigenvalue weighted by molar-refractivity contribution is 0.367. The molecule has 8 nitrogen and oxygen atoms in total. The first-order valence-corrected chi connectivity index (χ1v) is 17.0. The molecule has 0 rings (SSSR count). The van der Waals surface area contributed by atoms with Crippen LogP contribution in [0.3, 0.4) is 0 Å². The molecule has 0 N–H and O–H groups in total. The van der Waals surface area contributed by atoms with Crippen LogP contribution in [0.2, 0.25) is 13.1 Å². The number of hydrogen-bond acceptors (Lipinski definition) is 8. The Balaban J connectivity index is 2.91. The molecule has 0 saturated carbocycles. The summed E-state index contributed by atoms with van der Waals surface area (Å²) in [6.07, 6.45) is 0. The van der Waals surface area contributed by atoms with Gasteiger partial charge in [0.1, 0.15) is 10.5 Å². The summed E-state index contributed by atoms with van der Waals surface area (Å²) < 4.78 is 42.5. The van der Waals surface area contributed by atoms with Crippen LogP contribution in [-0.4, -0.2) is 89.6 Å². The predicted molar refractivity (Wildman–Crippen MR) is 95.9 cm³/mol. The molecule has 0 unspecified atom stereocenters. The minimum Gasteiger partial charge on any atom is -0.449 e. The van der Waals surface area contributed by atoms with E-state index in [1.807, 2.05) is 0 Å². The molecule has 0 fully saturated rings. The third kappa shape index (κ3) is 19.6. The molecule has 0 saturated heterocycles. The van der Waals surface area contributed by atoms with Gasteiger partial charge in [0.15, 0.2) is 9.04 Å². The van der Waals surface area contributed by atoms with Gasteiger partial charge in [-0.3, -0.25) is 0 Å². The van der Waals surface area contributed by atoms with Crippen molar-refractivity contribution in [3.63, 3.8) is 0 Å². The zero-order valence-electron chi connectivity index (χ0n) is 11.7. The number of hydrogen-bond donors (Lipinski definition) is 0. The topological polar surface area (TPSA) is 73.8 Å². The average molecular weight is 428 g/mol. The van der Waals surface area contributed by atoms with Crippen molar-refractivity contribution in [2.24, 2.45) is 0 Å². The molecule has 0 aliphatic rings. The van der Waals surface area contributed by atoms with Crippen LogP contribution in [0.25, 0.3) is 0 Å². The second kappa shape index (κ2) is 17.7. The van der Waals surface area contributed by atoms with Crippen molar-refractivity contribution in [1.29, 1.82) is 0 Å². The SMILES string of the molecule is C[Si](C)O[SiH2]O[SiH2]O[SiH2]O[SiH2]O[SiH2]O[SiH2]O[SiH2]O[SiH3]. The van der Waals surface area contributed by atoms with Crippen LogP contribution in [0.15, 0.2) is 0 Å². The molecule has 0 bridgehead atoms. The van der Waals surface area contributed by atoms with Crippen LogP contribution >= 0.6 is 0 Å². The molecule has 0 heterocycles. The Morgan fingerprint density at radius 3 is 1.37 bits per heavy atom. The van der Waals surface area contributed by atoms with Gasteiger partial charge in [-0.15, -0.1) is 0 Å². The standard InChI is InChI=1S/C2H23O8Si9/c1-19(2)10-18-9-17-8-16-7-15-6-14-5-13-4-12-3-11/h12-18H2,1-2,11H3. The minimum atomic E-state index is -0.902. The van der Waals surface area contributed by atoms with Gasteiger partial charge in [-0.1, -0.05) is 0 Å². The van der Waals surface area contributed by atoms with Crippen LogP contribution < -0.4 is 0 Å². The fourth-order valence-corrected chi connectivity index (χ4v) is 14.2. The Morgan fingerprint density at radius 1 is 0.632 bits per heavy atom. The molecule has 1 radical (unpaired) electrons. The largest absolute Gasteiger partial charge is 0.449 e. The first kappa shape index (κ1) is 20.6. The summed E-state index contributed by atoms with van der Waals surface area (Å²) in [4.78, 5) is 0. The highest BCUT2D eigenvalue weighted by Crippen LogP contribution is 1.81. The summed E-state index contributed by atoms with van der Waals surface area (Å²) in [6, 6.07) is 0. The molecule has 0 spiro atoms. The third-order valence-corrected chi connectivity index (χ3v) is 13.2. The molecular weight excluding hydrogens is 405 g/mol. The lowest BCUT2D eigenvalue weighted by Crippen LogP contribution is -2.21. The summed E-state index contributed by atoms with van der Waals surface area (Å²) in [7, 11) is -5.75. The summed E-state index contributed by atoms with van der Waals surface area (Å²) in [5, 5.41) is 0. The first-order valence-electron chi connectivity index (χ1n) is 5.65. The molecular formula is C2H23O8Si9. The molecule has 0 atom stereocenters. The van der Waals surface area contributed by atoms with E-state index in [2.05, 4.69) is 13.1 Å². The van der Waals surface area contributed by atoms with Gasteiger partial charge in [0, 0.05) is 0 Å². The molecule has 0 aromatic heterocycles. The van der Waals surface area contributed by atoms with Crippen LogP contribution in [-0.2, 0) is 32.9 Å². The highest BCUT2D eigenvalue weighted by Gasteiger charge is 1.97. The third-order valence-electron chi connectivity index (χ3n) is 1.47. The molecule has 0 aromatic rings. The quantitative estimate of drug-likeness (QED) is 0.188. The van der Waals surface area contributed by atoms with E-state index in [1.54, 1.807) is 0 Å². The maximum absolute atomic E-state index is 5.45. The molecule has 115 valence electrons. The van der Waals surface area contributed by atoms with Crippen LogP contribution in [0.4, 0.5) is 0 Å². The van der Waals surface area contributed by atoms with E-state index in [-0.39, 0.29) is 0 Å². The normalized spacial score (nSPS) is 15.9. The van der Waals surface area contributed by atoms with Crippen LogP contribution in [0.5, 0.6) is 0 Å². The predicted octanol–water partition coefficient (Wildman–Crippen LogP) is -7.36. The van der Waals surface area contributed by atoms with Crippen molar-refractivity contribution in [2.45, 2.75) is 13.1 Å². The van der Waals surface area contributed by atoms with Gasteiger partial charge in [-0.25, -0.2) is 0 Å². The van der Waals surface area contributed by atoms with Gasteiger partial charge in [0.05, 0.1) is 0 Å². The number of rotatable bonds is 15. The Bertz CT molecular complexity index is 174. The smallest absolute Gasteiger partial charge is 0.286 e. The van der Waals surface area contributed by atoms with E-state index in [9.17, 15) is 0 Å². The van der Waals surface area contributed by atoms with E-state index in [4.69, 9.17) is 32.9 Å². The van der Waals surface area contributed by atoms with E-state index in [1.165, 1.54) is 0 Å². The average Bonchev–Trinajstić information content (AvgIpc) is 2.39. The molecule has 17 heteroatoms. The first-order chi connectivity index (χ1) is 9.27. The van der Waals surface area contributed by atoms with Crippen LogP contribution in [0.1, 0.15) is 0 Å². The lowest BCUT2D eigenvalue weighted by atomic mass is 11.9. The van der Waals surface area contributed by atoms with Gasteiger partial charge in [0.2, 0.25) is 0 Å². The Kier molecular flexibility index (Phi) is 19.2. The second-order valence-corrected chi connectivity index (χ2v) is 20.1. The highest BCUT2D eigenvalue weighted by atomic mass is 28.4. The van der Waals surface area contributed by atoms with E-state index in [0.717, 1.165) is 10.5 Å². The molecule has 0 aliphatic carbocycles. The Hall–Kier alpha value is 1.63. The van der Waals surface area contributed by atoms with Crippen LogP contribution in [0, 0.1) is 0 Å². The molecule has 0 aliphatic heterocycles. The molecule has 0 aromatic carbocycles. The van der Waals surface area contributed by atoms with E-state index < -0.39 is 79.1 Å². The van der Waals surface area contributed by atoms with Crippen molar-refractivity contribution in [3.8, 4) is 0 Å². The second-order valence-electron chi connectivity index (χ2n) is 3.39. The zero-order valence-corrected chi connectivity index (χ0v) is 24.6. The minimum absolute atomic E-state index is 0.600. The van der Waals surface area contributed by atoms with Crippen molar-refractivity contribution < 1.29 is 32.9 Å². The van der Waals surface area contributed by atoms with E-state index in [0.29, 0.717) is 0 Å². The Morgan fingerprint density at radius 2 is 1.00 bits per heavy atom. The fourth-order valence-electron chi connectivity index (χ4n) is 0.742. The van der Waals surface area contributed by atoms with Gasteiger partial charge in [0.25, 0.3) is 70.0 Å². The lowest BCUT2D eigenvalue weighted by Gasteiger charge is -2.09. The van der Waals surface area contributed by atoms with Gasteiger partial charge >= 0.3 is 0 Å². The molecule has 19 heavy (non-hydrogen) atoms. The fraction of sp³-hybridized carbons (Fsp3) is 1.00. The summed E-state index contributed by atoms with van der Waals surface area (Å²) in [5.74, 6) is 0. The zero-order chi connectivity index (χ0) is 14.2. The Labute approximate surface area is 135 Å². The maximum atomic E-state index is 5.45. The van der Waals surface area contributed by atoms with Gasteiger partial charge in [-0.2, -0.15) is 0 Å². The summed E-state index contributed by atoms with van der Waals surface area (Å²) >= 11 is 0. The highest BCUT2D eigenvalue weighted by molar-refractivity contribution is 6.56. The summed E-state index contributed by atoms with van der Waals surface area (Å²) in [5.41, 5.74) is 0.